The van der Waals surface area contributed by atoms with Gasteiger partial charge < -0.3 is 5.32 Å². The maximum absolute atomic E-state index is 13.2. The van der Waals surface area contributed by atoms with Crippen LogP contribution in [0.4, 0.5) is 14.5 Å². The lowest BCUT2D eigenvalue weighted by molar-refractivity contribution is 0.595. The molecule has 1 nitrogen and oxygen atoms in total. The van der Waals surface area contributed by atoms with Crippen molar-refractivity contribution in [1.29, 1.82) is 0 Å². The van der Waals surface area contributed by atoms with Crippen LogP contribution in [0.25, 0.3) is 0 Å². The zero-order valence-corrected chi connectivity index (χ0v) is 8.27. The van der Waals surface area contributed by atoms with Gasteiger partial charge in [-0.15, -0.1) is 0 Å². The van der Waals surface area contributed by atoms with Crippen molar-refractivity contribution in [2.75, 3.05) is 11.9 Å². The SMILES string of the molecule is C/C=C/CNc1cc(F)c(C)cc1F. The fourth-order valence-corrected chi connectivity index (χ4v) is 1.07. The van der Waals surface area contributed by atoms with Gasteiger partial charge in [-0.3, -0.25) is 0 Å². The predicted octanol–water partition coefficient (Wildman–Crippen LogP) is 3.26. The molecule has 0 aromatic heterocycles. The second-order valence-electron chi connectivity index (χ2n) is 3.03. The highest BCUT2D eigenvalue weighted by Crippen LogP contribution is 2.18. The second-order valence-corrected chi connectivity index (χ2v) is 3.03. The zero-order chi connectivity index (χ0) is 10.6. The van der Waals surface area contributed by atoms with Gasteiger partial charge in [-0.1, -0.05) is 12.2 Å². The van der Waals surface area contributed by atoms with E-state index in [1.807, 2.05) is 19.1 Å². The normalized spacial score (nSPS) is 10.9. The Morgan fingerprint density at radius 1 is 1.29 bits per heavy atom. The molecule has 0 aliphatic heterocycles. The molecule has 0 aliphatic rings. The average Bonchev–Trinajstić information content (AvgIpc) is 2.14. The Labute approximate surface area is 82.4 Å². The molecule has 0 spiro atoms. The minimum absolute atomic E-state index is 0.200. The number of nitrogens with one attached hydrogen (secondary N) is 1. The van der Waals surface area contributed by atoms with Crippen LogP contribution in [0.2, 0.25) is 0 Å². The molecule has 14 heavy (non-hydrogen) atoms. The summed E-state index contributed by atoms with van der Waals surface area (Å²) < 4.78 is 26.2. The molecular weight excluding hydrogens is 184 g/mol. The number of halogens is 2. The smallest absolute Gasteiger partial charge is 0.146 e. The Bertz CT molecular complexity index is 345. The lowest BCUT2D eigenvalue weighted by Gasteiger charge is -2.06. The maximum atomic E-state index is 13.2. The highest BCUT2D eigenvalue weighted by Gasteiger charge is 2.05. The molecule has 0 aliphatic carbocycles. The number of aryl methyl sites for hydroxylation is 1. The first-order chi connectivity index (χ1) is 6.65. The Morgan fingerprint density at radius 2 is 2.00 bits per heavy atom. The third-order valence-corrected chi connectivity index (χ3v) is 1.89. The minimum atomic E-state index is -0.423. The average molecular weight is 197 g/mol. The van der Waals surface area contributed by atoms with Crippen molar-refractivity contribution in [3.8, 4) is 0 Å². The highest BCUT2D eigenvalue weighted by molar-refractivity contribution is 5.47. The first kappa shape index (κ1) is 10.7. The molecule has 1 aromatic carbocycles. The molecule has 0 saturated carbocycles. The van der Waals surface area contributed by atoms with Gasteiger partial charge in [0, 0.05) is 12.6 Å². The van der Waals surface area contributed by atoms with Gasteiger partial charge in [0.25, 0.3) is 0 Å². The minimum Gasteiger partial charge on any atom is -0.379 e. The van der Waals surface area contributed by atoms with Gasteiger partial charge >= 0.3 is 0 Å². The molecule has 0 heterocycles. The fourth-order valence-electron chi connectivity index (χ4n) is 1.07. The van der Waals surface area contributed by atoms with Crippen LogP contribution in [0.3, 0.4) is 0 Å². The van der Waals surface area contributed by atoms with E-state index in [0.717, 1.165) is 0 Å². The number of anilines is 1. The molecular formula is C11H13F2N. The van der Waals surface area contributed by atoms with Crippen LogP contribution in [0.1, 0.15) is 12.5 Å². The van der Waals surface area contributed by atoms with E-state index >= 15 is 0 Å². The van der Waals surface area contributed by atoms with E-state index < -0.39 is 11.6 Å². The number of benzene rings is 1. The molecule has 1 aromatic rings. The summed E-state index contributed by atoms with van der Waals surface area (Å²) in [5, 5.41) is 2.78. The summed E-state index contributed by atoms with van der Waals surface area (Å²) in [6, 6.07) is 2.36. The molecule has 0 amide bonds. The number of allylic oxidation sites excluding steroid dienone is 1. The lowest BCUT2D eigenvalue weighted by atomic mass is 10.2. The number of hydrogen-bond acceptors (Lipinski definition) is 1. The summed E-state index contributed by atoms with van der Waals surface area (Å²) in [6.45, 7) is 3.90. The summed E-state index contributed by atoms with van der Waals surface area (Å²) in [7, 11) is 0. The fraction of sp³-hybridized carbons (Fsp3) is 0.273. The summed E-state index contributed by atoms with van der Waals surface area (Å²) in [5.74, 6) is -0.817. The van der Waals surface area contributed by atoms with Crippen molar-refractivity contribution >= 4 is 5.69 Å². The van der Waals surface area contributed by atoms with Crippen LogP contribution in [-0.2, 0) is 0 Å². The van der Waals surface area contributed by atoms with Crippen molar-refractivity contribution in [1.82, 2.24) is 0 Å². The highest BCUT2D eigenvalue weighted by atomic mass is 19.1. The van der Waals surface area contributed by atoms with Crippen LogP contribution in [-0.4, -0.2) is 6.54 Å². The molecule has 3 heteroatoms. The van der Waals surface area contributed by atoms with Crippen molar-refractivity contribution in [2.24, 2.45) is 0 Å². The number of rotatable bonds is 3. The van der Waals surface area contributed by atoms with E-state index in [0.29, 0.717) is 12.1 Å². The van der Waals surface area contributed by atoms with Gasteiger partial charge in [-0.05, 0) is 25.5 Å². The van der Waals surface area contributed by atoms with Crippen molar-refractivity contribution in [3.63, 3.8) is 0 Å². The molecule has 0 radical (unpaired) electrons. The molecule has 0 atom stereocenters. The van der Waals surface area contributed by atoms with Gasteiger partial charge in [0.2, 0.25) is 0 Å². The van der Waals surface area contributed by atoms with Crippen molar-refractivity contribution in [2.45, 2.75) is 13.8 Å². The second kappa shape index (κ2) is 4.74. The Kier molecular flexibility index (Phi) is 3.63. The largest absolute Gasteiger partial charge is 0.379 e. The molecule has 0 saturated heterocycles. The van der Waals surface area contributed by atoms with Crippen molar-refractivity contribution < 1.29 is 8.78 Å². The third-order valence-electron chi connectivity index (χ3n) is 1.89. The van der Waals surface area contributed by atoms with E-state index in [1.165, 1.54) is 19.1 Å². The lowest BCUT2D eigenvalue weighted by Crippen LogP contribution is -2.02. The summed E-state index contributed by atoms with van der Waals surface area (Å²) >= 11 is 0. The molecule has 0 bridgehead atoms. The predicted molar refractivity (Wildman–Crippen MR) is 54.4 cm³/mol. The van der Waals surface area contributed by atoms with Gasteiger partial charge in [0.05, 0.1) is 5.69 Å². The monoisotopic (exact) mass is 197 g/mol. The Balaban J connectivity index is 2.81. The van der Waals surface area contributed by atoms with E-state index in [4.69, 9.17) is 0 Å². The Morgan fingerprint density at radius 3 is 2.64 bits per heavy atom. The standard InChI is InChI=1S/C11H13F2N/c1-3-4-5-14-11-7-9(12)8(2)6-10(11)13/h3-4,6-7,14H,5H2,1-2H3/b4-3+. The van der Waals surface area contributed by atoms with Crippen LogP contribution < -0.4 is 5.32 Å². The zero-order valence-electron chi connectivity index (χ0n) is 8.27. The molecule has 1 rings (SSSR count). The van der Waals surface area contributed by atoms with Crippen molar-refractivity contribution in [3.05, 3.63) is 41.5 Å². The van der Waals surface area contributed by atoms with Crippen LogP contribution in [0.15, 0.2) is 24.3 Å². The molecule has 76 valence electrons. The van der Waals surface area contributed by atoms with Crippen LogP contribution >= 0.6 is 0 Å². The Hall–Kier alpha value is -1.38. The maximum Gasteiger partial charge on any atom is 0.146 e. The molecule has 1 N–H and O–H groups in total. The van der Waals surface area contributed by atoms with E-state index in [1.54, 1.807) is 0 Å². The molecule has 0 fully saturated rings. The van der Waals surface area contributed by atoms with Crippen LogP contribution in [0, 0.1) is 18.6 Å². The van der Waals surface area contributed by atoms with E-state index in [9.17, 15) is 8.78 Å². The van der Waals surface area contributed by atoms with Crippen LogP contribution in [0.5, 0.6) is 0 Å². The summed E-state index contributed by atoms with van der Waals surface area (Å²) in [5.41, 5.74) is 0.519. The van der Waals surface area contributed by atoms with Gasteiger partial charge in [0.15, 0.2) is 0 Å². The number of hydrogen-bond donors (Lipinski definition) is 1. The van der Waals surface area contributed by atoms with E-state index in [-0.39, 0.29) is 5.69 Å². The first-order valence-electron chi connectivity index (χ1n) is 4.46. The quantitative estimate of drug-likeness (QED) is 0.733. The van der Waals surface area contributed by atoms with Gasteiger partial charge in [-0.25, -0.2) is 8.78 Å². The summed E-state index contributed by atoms with van der Waals surface area (Å²) in [4.78, 5) is 0. The van der Waals surface area contributed by atoms with Gasteiger partial charge in [-0.2, -0.15) is 0 Å². The van der Waals surface area contributed by atoms with E-state index in [2.05, 4.69) is 5.32 Å². The summed E-state index contributed by atoms with van der Waals surface area (Å²) in [6.07, 6.45) is 3.67. The first-order valence-corrected chi connectivity index (χ1v) is 4.46. The molecule has 0 unspecified atom stereocenters. The topological polar surface area (TPSA) is 12.0 Å². The van der Waals surface area contributed by atoms with Gasteiger partial charge in [0.1, 0.15) is 11.6 Å². The third kappa shape index (κ3) is 2.55.